The molecule has 0 saturated carbocycles. The van der Waals surface area contributed by atoms with E-state index in [0.29, 0.717) is 5.82 Å². The Labute approximate surface area is 114 Å². The van der Waals surface area contributed by atoms with Crippen LogP contribution in [0.3, 0.4) is 0 Å². The first-order valence-corrected chi connectivity index (χ1v) is 6.37. The second-order valence-corrected chi connectivity index (χ2v) is 4.80. The van der Waals surface area contributed by atoms with E-state index in [2.05, 4.69) is 25.3 Å². The summed E-state index contributed by atoms with van der Waals surface area (Å²) in [6.07, 6.45) is 0. The molecule has 0 spiro atoms. The Bertz CT molecular complexity index is 933. The van der Waals surface area contributed by atoms with Crippen molar-refractivity contribution in [2.45, 2.75) is 13.8 Å². The van der Waals surface area contributed by atoms with Gasteiger partial charge in [-0.2, -0.15) is 4.68 Å². The van der Waals surface area contributed by atoms with Crippen molar-refractivity contribution in [3.63, 3.8) is 0 Å². The van der Waals surface area contributed by atoms with E-state index >= 15 is 0 Å². The van der Waals surface area contributed by atoms with Crippen LogP contribution in [0.4, 0.5) is 0 Å². The number of H-pyrrole nitrogens is 1. The van der Waals surface area contributed by atoms with E-state index in [0.717, 1.165) is 33.6 Å². The van der Waals surface area contributed by atoms with Gasteiger partial charge in [0.05, 0.1) is 10.9 Å². The highest BCUT2D eigenvalue weighted by Crippen LogP contribution is 2.22. The molecule has 98 valence electrons. The summed E-state index contributed by atoms with van der Waals surface area (Å²) in [5.41, 5.74) is 3.66. The molecule has 0 bridgehead atoms. The summed E-state index contributed by atoms with van der Waals surface area (Å²) < 4.78 is 1.76. The monoisotopic (exact) mass is 264 g/mol. The van der Waals surface area contributed by atoms with Gasteiger partial charge in [0.15, 0.2) is 5.82 Å². The number of nitrogens with one attached hydrogen (secondary N) is 1. The summed E-state index contributed by atoms with van der Waals surface area (Å²) in [4.78, 5) is 12.2. The molecule has 20 heavy (non-hydrogen) atoms. The van der Waals surface area contributed by atoms with Gasteiger partial charge in [0, 0.05) is 5.69 Å². The molecule has 4 rings (SSSR count). The summed E-state index contributed by atoms with van der Waals surface area (Å²) in [5, 5.41) is 9.36. The third kappa shape index (κ3) is 1.51. The molecule has 3 aromatic heterocycles. The molecule has 0 unspecified atom stereocenters. The lowest BCUT2D eigenvalue weighted by atomic mass is 10.3. The maximum absolute atomic E-state index is 4.54. The SMILES string of the molecule is Cc1nc(-n2nnc3ccccc32)c2cc(C)[nH]c2n1. The maximum Gasteiger partial charge on any atom is 0.168 e. The van der Waals surface area contributed by atoms with Crippen molar-refractivity contribution in [2.75, 3.05) is 0 Å². The molecule has 0 amide bonds. The van der Waals surface area contributed by atoms with Gasteiger partial charge in [0.2, 0.25) is 0 Å². The second kappa shape index (κ2) is 3.86. The van der Waals surface area contributed by atoms with Crippen LogP contribution in [0.1, 0.15) is 11.5 Å². The minimum Gasteiger partial charge on any atom is -0.343 e. The average molecular weight is 264 g/mol. The molecular formula is C14H12N6. The lowest BCUT2D eigenvalue weighted by Gasteiger charge is -2.04. The molecule has 0 saturated heterocycles. The zero-order valence-electron chi connectivity index (χ0n) is 11.1. The largest absolute Gasteiger partial charge is 0.343 e. The zero-order valence-corrected chi connectivity index (χ0v) is 11.1. The minimum atomic E-state index is 0.703. The van der Waals surface area contributed by atoms with Crippen molar-refractivity contribution in [1.29, 1.82) is 0 Å². The third-order valence-corrected chi connectivity index (χ3v) is 3.27. The normalized spacial score (nSPS) is 11.5. The van der Waals surface area contributed by atoms with Crippen molar-refractivity contribution in [2.24, 2.45) is 0 Å². The van der Waals surface area contributed by atoms with E-state index in [1.165, 1.54) is 0 Å². The first kappa shape index (κ1) is 11.1. The van der Waals surface area contributed by atoms with E-state index in [4.69, 9.17) is 0 Å². The van der Waals surface area contributed by atoms with Crippen LogP contribution in [-0.2, 0) is 0 Å². The van der Waals surface area contributed by atoms with Crippen molar-refractivity contribution in [1.82, 2.24) is 29.9 Å². The molecule has 0 radical (unpaired) electrons. The molecule has 0 atom stereocenters. The fourth-order valence-electron chi connectivity index (χ4n) is 2.42. The highest BCUT2D eigenvalue weighted by molar-refractivity contribution is 5.86. The summed E-state index contributed by atoms with van der Waals surface area (Å²) in [5.74, 6) is 1.46. The lowest BCUT2D eigenvalue weighted by molar-refractivity contribution is 0.799. The van der Waals surface area contributed by atoms with Gasteiger partial charge in [-0.15, -0.1) is 5.10 Å². The molecule has 3 heterocycles. The number of benzene rings is 1. The number of aromatic amines is 1. The average Bonchev–Trinajstić information content (AvgIpc) is 3.00. The van der Waals surface area contributed by atoms with Gasteiger partial charge >= 0.3 is 0 Å². The Morgan fingerprint density at radius 1 is 1.10 bits per heavy atom. The van der Waals surface area contributed by atoms with E-state index in [1.54, 1.807) is 4.68 Å². The fraction of sp³-hybridized carbons (Fsp3) is 0.143. The van der Waals surface area contributed by atoms with Crippen molar-refractivity contribution in [3.8, 4) is 5.82 Å². The van der Waals surface area contributed by atoms with Gasteiger partial charge < -0.3 is 4.98 Å². The zero-order chi connectivity index (χ0) is 13.7. The predicted octanol–water partition coefficient (Wildman–Crippen LogP) is 2.31. The Morgan fingerprint density at radius 2 is 1.95 bits per heavy atom. The highest BCUT2D eigenvalue weighted by atomic mass is 15.4. The summed E-state index contributed by atoms with van der Waals surface area (Å²) in [6, 6.07) is 9.86. The Kier molecular flexibility index (Phi) is 2.14. The van der Waals surface area contributed by atoms with E-state index < -0.39 is 0 Å². The van der Waals surface area contributed by atoms with E-state index in [-0.39, 0.29) is 0 Å². The molecule has 1 aromatic carbocycles. The highest BCUT2D eigenvalue weighted by Gasteiger charge is 2.13. The van der Waals surface area contributed by atoms with Crippen LogP contribution in [0.15, 0.2) is 30.3 Å². The Balaban J connectivity index is 2.11. The Hall–Kier alpha value is -2.76. The van der Waals surface area contributed by atoms with Crippen LogP contribution < -0.4 is 0 Å². The topological polar surface area (TPSA) is 72.3 Å². The fourth-order valence-corrected chi connectivity index (χ4v) is 2.42. The number of hydrogen-bond donors (Lipinski definition) is 1. The Morgan fingerprint density at radius 3 is 2.85 bits per heavy atom. The van der Waals surface area contributed by atoms with Crippen LogP contribution in [0, 0.1) is 13.8 Å². The van der Waals surface area contributed by atoms with E-state index in [1.807, 2.05) is 44.2 Å². The molecule has 0 aliphatic rings. The van der Waals surface area contributed by atoms with Gasteiger partial charge in [0.25, 0.3) is 0 Å². The van der Waals surface area contributed by atoms with Crippen molar-refractivity contribution >= 4 is 22.1 Å². The summed E-state index contributed by atoms with van der Waals surface area (Å²) in [6.45, 7) is 3.87. The van der Waals surface area contributed by atoms with Gasteiger partial charge in [-0.1, -0.05) is 17.3 Å². The summed E-state index contributed by atoms with van der Waals surface area (Å²) in [7, 11) is 0. The van der Waals surface area contributed by atoms with Crippen LogP contribution in [0.2, 0.25) is 0 Å². The number of hydrogen-bond acceptors (Lipinski definition) is 4. The van der Waals surface area contributed by atoms with Gasteiger partial charge in [-0.25, -0.2) is 9.97 Å². The summed E-state index contributed by atoms with van der Waals surface area (Å²) >= 11 is 0. The first-order chi connectivity index (χ1) is 9.72. The van der Waals surface area contributed by atoms with Gasteiger partial charge in [0.1, 0.15) is 17.0 Å². The standard InChI is InChI=1S/C14H12N6/c1-8-7-10-13(15-8)16-9(2)17-14(10)20-12-6-4-3-5-11(12)18-19-20/h3-7H,1-2H3,(H,15,16,17). The smallest absolute Gasteiger partial charge is 0.168 e. The molecule has 1 N–H and O–H groups in total. The number of fused-ring (bicyclic) bond motifs is 2. The van der Waals surface area contributed by atoms with Crippen LogP contribution in [0.25, 0.3) is 27.9 Å². The molecular weight excluding hydrogens is 252 g/mol. The lowest BCUT2D eigenvalue weighted by Crippen LogP contribution is -2.03. The maximum atomic E-state index is 4.54. The molecule has 0 aliphatic carbocycles. The molecule has 6 heteroatoms. The molecule has 6 nitrogen and oxygen atoms in total. The van der Waals surface area contributed by atoms with Gasteiger partial charge in [-0.3, -0.25) is 0 Å². The number of nitrogens with zero attached hydrogens (tertiary/aromatic N) is 5. The first-order valence-electron chi connectivity index (χ1n) is 6.37. The van der Waals surface area contributed by atoms with Gasteiger partial charge in [-0.05, 0) is 32.0 Å². The van der Waals surface area contributed by atoms with Crippen molar-refractivity contribution < 1.29 is 0 Å². The number of para-hydroxylation sites is 1. The number of aryl methyl sites for hydroxylation is 2. The predicted molar refractivity (Wildman–Crippen MR) is 75.8 cm³/mol. The van der Waals surface area contributed by atoms with Crippen LogP contribution in [-0.4, -0.2) is 29.9 Å². The van der Waals surface area contributed by atoms with Crippen molar-refractivity contribution in [3.05, 3.63) is 41.9 Å². The number of rotatable bonds is 1. The molecule has 0 fully saturated rings. The van der Waals surface area contributed by atoms with Crippen LogP contribution >= 0.6 is 0 Å². The molecule has 0 aliphatic heterocycles. The van der Waals surface area contributed by atoms with Crippen LogP contribution in [0.5, 0.6) is 0 Å². The third-order valence-electron chi connectivity index (χ3n) is 3.27. The van der Waals surface area contributed by atoms with E-state index in [9.17, 15) is 0 Å². The number of aromatic nitrogens is 6. The second-order valence-electron chi connectivity index (χ2n) is 4.80. The quantitative estimate of drug-likeness (QED) is 0.572. The molecule has 4 aromatic rings. The minimum absolute atomic E-state index is 0.703.